The van der Waals surface area contributed by atoms with Crippen LogP contribution in [0.4, 0.5) is 0 Å². The molecule has 0 fully saturated rings. The molecule has 0 bridgehead atoms. The molecule has 3 heteroatoms. The third kappa shape index (κ3) is 2.39. The highest BCUT2D eigenvalue weighted by atomic mass is 15.0. The number of hydrogen-bond donors (Lipinski definition) is 2. The maximum atomic E-state index is 6.16. The number of hydrogen-bond acceptors (Lipinski definition) is 3. The zero-order valence-electron chi connectivity index (χ0n) is 8.46. The molecule has 0 radical (unpaired) electrons. The summed E-state index contributed by atoms with van der Waals surface area (Å²) in [5.74, 6) is 0. The Labute approximate surface area is 79.9 Å². The third-order valence-electron chi connectivity index (χ3n) is 2.45. The number of nitrogens with two attached hydrogens (primary N) is 2. The molecule has 1 aliphatic heterocycles. The Balaban J connectivity index is 2.70. The molecule has 2 unspecified atom stereocenters. The summed E-state index contributed by atoms with van der Waals surface area (Å²) in [5, 5.41) is 0. The van der Waals surface area contributed by atoms with Crippen molar-refractivity contribution in [3.8, 4) is 0 Å². The second-order valence-corrected chi connectivity index (χ2v) is 3.83. The molecule has 13 heavy (non-hydrogen) atoms. The van der Waals surface area contributed by atoms with Gasteiger partial charge in [-0.15, -0.1) is 0 Å². The number of aliphatic imine (C=N–C) groups is 1. The smallest absolute Gasteiger partial charge is 0.119 e. The average Bonchev–Trinajstić information content (AvgIpc) is 2.09. The topological polar surface area (TPSA) is 64.4 Å². The van der Waals surface area contributed by atoms with Gasteiger partial charge < -0.3 is 11.5 Å². The first-order chi connectivity index (χ1) is 6.08. The molecule has 0 aliphatic carbocycles. The van der Waals surface area contributed by atoms with Gasteiger partial charge in [0.05, 0.1) is 5.54 Å². The summed E-state index contributed by atoms with van der Waals surface area (Å²) in [5.41, 5.74) is 12.7. The van der Waals surface area contributed by atoms with Crippen molar-refractivity contribution >= 4 is 6.21 Å². The van der Waals surface area contributed by atoms with Crippen molar-refractivity contribution in [3.05, 3.63) is 11.6 Å². The molecule has 0 aromatic heterocycles. The molecule has 1 aliphatic rings. The minimum absolute atomic E-state index is 0.275. The second kappa shape index (κ2) is 4.03. The Morgan fingerprint density at radius 3 is 2.92 bits per heavy atom. The van der Waals surface area contributed by atoms with Gasteiger partial charge in [-0.2, -0.15) is 0 Å². The molecule has 1 heterocycles. The van der Waals surface area contributed by atoms with Crippen LogP contribution in [0.15, 0.2) is 16.6 Å². The Hall–Kier alpha value is -0.670. The summed E-state index contributed by atoms with van der Waals surface area (Å²) in [6.07, 6.45) is 6.72. The summed E-state index contributed by atoms with van der Waals surface area (Å²) >= 11 is 0. The van der Waals surface area contributed by atoms with E-state index in [1.54, 1.807) is 6.21 Å². The molecule has 2 atom stereocenters. The lowest BCUT2D eigenvalue weighted by atomic mass is 9.87. The predicted octanol–water partition coefficient (Wildman–Crippen LogP) is 1.19. The van der Waals surface area contributed by atoms with Crippen molar-refractivity contribution in [2.45, 2.75) is 44.8 Å². The van der Waals surface area contributed by atoms with E-state index >= 15 is 0 Å². The van der Waals surface area contributed by atoms with Gasteiger partial charge in [-0.25, -0.2) is 0 Å². The van der Waals surface area contributed by atoms with Crippen LogP contribution >= 0.6 is 0 Å². The van der Waals surface area contributed by atoms with Gasteiger partial charge in [-0.1, -0.05) is 25.8 Å². The van der Waals surface area contributed by atoms with Crippen LogP contribution in [0.5, 0.6) is 0 Å². The number of rotatable bonds is 3. The summed E-state index contributed by atoms with van der Waals surface area (Å²) < 4.78 is 0. The molecular weight excluding hydrogens is 162 g/mol. The van der Waals surface area contributed by atoms with Crippen LogP contribution in [0.2, 0.25) is 0 Å². The van der Waals surface area contributed by atoms with E-state index in [4.69, 9.17) is 11.5 Å². The van der Waals surface area contributed by atoms with Gasteiger partial charge >= 0.3 is 0 Å². The van der Waals surface area contributed by atoms with Gasteiger partial charge in [0.2, 0.25) is 0 Å². The first-order valence-corrected chi connectivity index (χ1v) is 4.85. The number of dihydropyridines is 1. The van der Waals surface area contributed by atoms with Gasteiger partial charge in [0, 0.05) is 6.21 Å². The maximum Gasteiger partial charge on any atom is 0.119 e. The van der Waals surface area contributed by atoms with Crippen molar-refractivity contribution in [3.63, 3.8) is 0 Å². The van der Waals surface area contributed by atoms with Crippen molar-refractivity contribution < 1.29 is 0 Å². The quantitative estimate of drug-likeness (QED) is 0.687. The molecule has 0 amide bonds. The fraction of sp³-hybridized carbons (Fsp3) is 0.700. The lowest BCUT2D eigenvalue weighted by Gasteiger charge is -2.32. The third-order valence-corrected chi connectivity index (χ3v) is 2.45. The maximum absolute atomic E-state index is 6.16. The Morgan fingerprint density at radius 1 is 1.62 bits per heavy atom. The molecule has 0 spiro atoms. The van der Waals surface area contributed by atoms with E-state index in [9.17, 15) is 0 Å². The van der Waals surface area contributed by atoms with Gasteiger partial charge in [-0.05, 0) is 18.9 Å². The highest BCUT2D eigenvalue weighted by Crippen LogP contribution is 2.21. The molecule has 0 aromatic carbocycles. The molecule has 0 saturated heterocycles. The highest BCUT2D eigenvalue weighted by Gasteiger charge is 2.30. The zero-order chi connectivity index (χ0) is 9.90. The summed E-state index contributed by atoms with van der Waals surface area (Å²) in [6.45, 7) is 4.15. The van der Waals surface area contributed by atoms with Gasteiger partial charge in [0.15, 0.2) is 0 Å². The van der Waals surface area contributed by atoms with E-state index in [0.29, 0.717) is 0 Å². The van der Waals surface area contributed by atoms with Gasteiger partial charge in [-0.3, -0.25) is 4.99 Å². The summed E-state index contributed by atoms with van der Waals surface area (Å²) in [6, 6.07) is 0. The van der Waals surface area contributed by atoms with E-state index in [1.807, 2.05) is 13.0 Å². The highest BCUT2D eigenvalue weighted by molar-refractivity contribution is 5.79. The summed E-state index contributed by atoms with van der Waals surface area (Å²) in [4.78, 5) is 4.18. The van der Waals surface area contributed by atoms with Crippen LogP contribution in [0.25, 0.3) is 0 Å². The average molecular weight is 181 g/mol. The lowest BCUT2D eigenvalue weighted by Crippen LogP contribution is -2.54. The number of unbranched alkanes of at least 4 members (excludes halogenated alkanes) is 1. The molecule has 0 saturated carbocycles. The minimum Gasteiger partial charge on any atom is -0.319 e. The van der Waals surface area contributed by atoms with Crippen molar-refractivity contribution in [1.29, 1.82) is 0 Å². The monoisotopic (exact) mass is 181 g/mol. The number of nitrogens with zero attached hydrogens (tertiary/aromatic N) is 1. The van der Waals surface area contributed by atoms with Crippen molar-refractivity contribution in [2.24, 2.45) is 16.5 Å². The number of allylic oxidation sites excluding steroid dienone is 1. The predicted molar refractivity (Wildman–Crippen MR) is 56.7 cm³/mol. The van der Waals surface area contributed by atoms with Crippen LogP contribution < -0.4 is 11.5 Å². The van der Waals surface area contributed by atoms with E-state index in [2.05, 4.69) is 11.9 Å². The molecule has 4 N–H and O–H groups in total. The first kappa shape index (κ1) is 10.4. The standard InChI is InChI=1S/C10H19N3/c1-3-4-5-10(12)6-8(2)7-13-9(10)11/h6-7,9H,3-5,11-12H2,1-2H3. The summed E-state index contributed by atoms with van der Waals surface area (Å²) in [7, 11) is 0. The Morgan fingerprint density at radius 2 is 2.31 bits per heavy atom. The fourth-order valence-corrected chi connectivity index (χ4v) is 1.59. The Kier molecular flexibility index (Phi) is 3.22. The molecular formula is C10H19N3. The first-order valence-electron chi connectivity index (χ1n) is 4.85. The SMILES string of the molecule is CCCCC1(N)C=C(C)C=NC1N. The van der Waals surface area contributed by atoms with Crippen LogP contribution in [0, 0.1) is 0 Å². The zero-order valence-corrected chi connectivity index (χ0v) is 8.46. The van der Waals surface area contributed by atoms with Crippen LogP contribution in [0.3, 0.4) is 0 Å². The van der Waals surface area contributed by atoms with Crippen LogP contribution in [-0.2, 0) is 0 Å². The van der Waals surface area contributed by atoms with Gasteiger partial charge in [0.1, 0.15) is 6.17 Å². The molecule has 3 nitrogen and oxygen atoms in total. The minimum atomic E-state index is -0.422. The fourth-order valence-electron chi connectivity index (χ4n) is 1.59. The molecule has 74 valence electrons. The van der Waals surface area contributed by atoms with Crippen LogP contribution in [-0.4, -0.2) is 17.9 Å². The normalized spacial score (nSPS) is 33.2. The van der Waals surface area contributed by atoms with E-state index < -0.39 is 5.54 Å². The molecule has 1 rings (SSSR count). The Bertz CT molecular complexity index is 232. The largest absolute Gasteiger partial charge is 0.319 e. The van der Waals surface area contributed by atoms with Crippen LogP contribution in [0.1, 0.15) is 33.1 Å². The van der Waals surface area contributed by atoms with Crippen molar-refractivity contribution in [1.82, 2.24) is 0 Å². The van der Waals surface area contributed by atoms with Gasteiger partial charge in [0.25, 0.3) is 0 Å². The van der Waals surface area contributed by atoms with E-state index in [-0.39, 0.29) is 6.17 Å². The van der Waals surface area contributed by atoms with Crippen molar-refractivity contribution in [2.75, 3.05) is 0 Å². The lowest BCUT2D eigenvalue weighted by molar-refractivity contribution is 0.386. The van der Waals surface area contributed by atoms with E-state index in [0.717, 1.165) is 24.8 Å². The second-order valence-electron chi connectivity index (χ2n) is 3.83. The molecule has 0 aromatic rings. The van der Waals surface area contributed by atoms with E-state index in [1.165, 1.54) is 0 Å².